The van der Waals surface area contributed by atoms with Crippen molar-refractivity contribution >= 4 is 29.2 Å². The van der Waals surface area contributed by atoms with Crippen molar-refractivity contribution < 1.29 is 9.18 Å². The van der Waals surface area contributed by atoms with E-state index in [1.54, 1.807) is 12.1 Å². The number of halogens is 1. The highest BCUT2D eigenvalue weighted by molar-refractivity contribution is 8.00. The molecule has 4 nitrogen and oxygen atoms in total. The number of nitrogens with zero attached hydrogens (tertiary/aromatic N) is 2. The van der Waals surface area contributed by atoms with Gasteiger partial charge in [0.25, 0.3) is 5.91 Å². The standard InChI is InChI=1S/C28H32FN3OS/c1-3-4-7-22-11-13-23(14-12-22)30-34-24-15-10-21(2)25(20-24)28(33)32-18-16-31(17-19-32)27-9-6-5-8-26(27)29/h5-6,8-15,20,30H,3-4,7,16-19H2,1-2H3. The number of benzene rings is 3. The highest BCUT2D eigenvalue weighted by Crippen LogP contribution is 2.26. The fourth-order valence-corrected chi connectivity index (χ4v) is 4.85. The maximum Gasteiger partial charge on any atom is 0.254 e. The molecule has 0 atom stereocenters. The van der Waals surface area contributed by atoms with Gasteiger partial charge in [-0.3, -0.25) is 4.79 Å². The third kappa shape index (κ3) is 5.92. The quantitative estimate of drug-likeness (QED) is 0.373. The van der Waals surface area contributed by atoms with Gasteiger partial charge in [-0.1, -0.05) is 43.7 Å². The van der Waals surface area contributed by atoms with Crippen LogP contribution in [0.2, 0.25) is 0 Å². The van der Waals surface area contributed by atoms with Crippen LogP contribution in [-0.2, 0) is 6.42 Å². The van der Waals surface area contributed by atoms with Gasteiger partial charge in [-0.2, -0.15) is 0 Å². The number of aryl methyl sites for hydroxylation is 2. The number of hydrogen-bond acceptors (Lipinski definition) is 4. The van der Waals surface area contributed by atoms with Crippen molar-refractivity contribution in [3.63, 3.8) is 0 Å². The topological polar surface area (TPSA) is 35.6 Å². The smallest absolute Gasteiger partial charge is 0.254 e. The lowest BCUT2D eigenvalue weighted by molar-refractivity contribution is 0.0745. The fourth-order valence-electron chi connectivity index (χ4n) is 4.16. The largest absolute Gasteiger partial charge is 0.366 e. The van der Waals surface area contributed by atoms with Gasteiger partial charge < -0.3 is 14.5 Å². The molecule has 1 aliphatic heterocycles. The minimum Gasteiger partial charge on any atom is -0.366 e. The summed E-state index contributed by atoms with van der Waals surface area (Å²) in [6.45, 7) is 6.57. The predicted molar refractivity (Wildman–Crippen MR) is 140 cm³/mol. The molecule has 0 aliphatic carbocycles. The van der Waals surface area contributed by atoms with Crippen molar-refractivity contribution in [1.29, 1.82) is 0 Å². The molecule has 0 spiro atoms. The van der Waals surface area contributed by atoms with Gasteiger partial charge >= 0.3 is 0 Å². The molecule has 34 heavy (non-hydrogen) atoms. The lowest BCUT2D eigenvalue weighted by Gasteiger charge is -2.36. The average molecular weight is 478 g/mol. The van der Waals surface area contributed by atoms with Crippen molar-refractivity contribution in [2.24, 2.45) is 0 Å². The molecule has 1 amide bonds. The number of para-hydroxylation sites is 1. The van der Waals surface area contributed by atoms with Crippen LogP contribution in [0.25, 0.3) is 0 Å². The molecular formula is C28H32FN3OS. The van der Waals surface area contributed by atoms with Crippen LogP contribution >= 0.6 is 11.9 Å². The zero-order chi connectivity index (χ0) is 23.9. The number of amides is 1. The van der Waals surface area contributed by atoms with Crippen molar-refractivity contribution in [2.45, 2.75) is 38.0 Å². The summed E-state index contributed by atoms with van der Waals surface area (Å²) >= 11 is 1.51. The molecule has 0 aromatic heterocycles. The van der Waals surface area contributed by atoms with Crippen molar-refractivity contribution in [3.05, 3.63) is 89.2 Å². The highest BCUT2D eigenvalue weighted by atomic mass is 32.2. The summed E-state index contributed by atoms with van der Waals surface area (Å²) in [7, 11) is 0. The number of rotatable bonds is 8. The van der Waals surface area contributed by atoms with E-state index in [1.807, 2.05) is 41.0 Å². The summed E-state index contributed by atoms with van der Waals surface area (Å²) in [6.07, 6.45) is 3.52. The highest BCUT2D eigenvalue weighted by Gasteiger charge is 2.24. The minimum atomic E-state index is -0.217. The van der Waals surface area contributed by atoms with E-state index in [-0.39, 0.29) is 11.7 Å². The maximum absolute atomic E-state index is 14.1. The first-order valence-electron chi connectivity index (χ1n) is 12.0. The van der Waals surface area contributed by atoms with Gasteiger partial charge in [-0.25, -0.2) is 4.39 Å². The molecule has 178 valence electrons. The summed E-state index contributed by atoms with van der Waals surface area (Å²) in [5.41, 5.74) is 4.69. The number of anilines is 2. The molecule has 3 aromatic carbocycles. The Kier molecular flexibility index (Phi) is 8.12. The van der Waals surface area contributed by atoms with Crippen LogP contribution in [0, 0.1) is 12.7 Å². The molecule has 0 saturated carbocycles. The van der Waals surface area contributed by atoms with Gasteiger partial charge in [-0.15, -0.1) is 0 Å². The second-order valence-electron chi connectivity index (χ2n) is 8.71. The Balaban J connectivity index is 1.36. The first-order valence-corrected chi connectivity index (χ1v) is 12.8. The molecule has 1 N–H and O–H groups in total. The number of unbranched alkanes of at least 4 members (excludes halogenated alkanes) is 1. The van der Waals surface area contributed by atoms with Crippen LogP contribution in [0.3, 0.4) is 0 Å². The number of piperazine rings is 1. The second kappa shape index (κ2) is 11.4. The van der Waals surface area contributed by atoms with Crippen molar-refractivity contribution in [3.8, 4) is 0 Å². The van der Waals surface area contributed by atoms with Crippen LogP contribution in [0.1, 0.15) is 41.3 Å². The molecule has 1 heterocycles. The summed E-state index contributed by atoms with van der Waals surface area (Å²) in [4.78, 5) is 18.2. The van der Waals surface area contributed by atoms with Gasteiger partial charge in [0.2, 0.25) is 0 Å². The van der Waals surface area contributed by atoms with Crippen LogP contribution in [-0.4, -0.2) is 37.0 Å². The zero-order valence-corrected chi connectivity index (χ0v) is 20.7. The van der Waals surface area contributed by atoms with E-state index in [0.717, 1.165) is 28.1 Å². The minimum absolute atomic E-state index is 0.0356. The molecule has 1 fully saturated rings. The summed E-state index contributed by atoms with van der Waals surface area (Å²) in [5, 5.41) is 0. The molecule has 0 radical (unpaired) electrons. The molecule has 1 saturated heterocycles. The van der Waals surface area contributed by atoms with Crippen molar-refractivity contribution in [2.75, 3.05) is 35.8 Å². The Bertz CT molecular complexity index is 1110. The molecule has 3 aromatic rings. The summed E-state index contributed by atoms with van der Waals surface area (Å²) in [5.74, 6) is -0.181. The summed E-state index contributed by atoms with van der Waals surface area (Å²) < 4.78 is 17.5. The number of nitrogens with one attached hydrogen (secondary N) is 1. The predicted octanol–water partition coefficient (Wildman–Crippen LogP) is 6.56. The Morgan fingerprint density at radius 3 is 2.44 bits per heavy atom. The van der Waals surface area contributed by atoms with Gasteiger partial charge in [0, 0.05) is 42.3 Å². The van der Waals surface area contributed by atoms with E-state index in [4.69, 9.17) is 0 Å². The third-order valence-electron chi connectivity index (χ3n) is 6.26. The average Bonchev–Trinajstić information content (AvgIpc) is 2.87. The molecule has 6 heteroatoms. The maximum atomic E-state index is 14.1. The number of hydrogen-bond donors (Lipinski definition) is 1. The third-order valence-corrected chi connectivity index (χ3v) is 7.09. The van der Waals surface area contributed by atoms with Crippen LogP contribution in [0.15, 0.2) is 71.6 Å². The van der Waals surface area contributed by atoms with Crippen LogP contribution < -0.4 is 9.62 Å². The molecule has 4 rings (SSSR count). The van der Waals surface area contributed by atoms with E-state index < -0.39 is 0 Å². The molecule has 1 aliphatic rings. The SMILES string of the molecule is CCCCc1ccc(NSc2ccc(C)c(C(=O)N3CCN(c4ccccc4F)CC3)c2)cc1. The van der Waals surface area contributed by atoms with Crippen LogP contribution in [0.5, 0.6) is 0 Å². The van der Waals surface area contributed by atoms with Gasteiger partial charge in [0.1, 0.15) is 5.82 Å². The Morgan fingerprint density at radius 1 is 1.00 bits per heavy atom. The van der Waals surface area contributed by atoms with E-state index in [2.05, 4.69) is 35.9 Å². The van der Waals surface area contributed by atoms with E-state index in [0.29, 0.717) is 31.9 Å². The van der Waals surface area contributed by atoms with E-state index in [1.165, 1.54) is 36.4 Å². The lowest BCUT2D eigenvalue weighted by Crippen LogP contribution is -2.49. The Labute approximate surface area is 206 Å². The number of carbonyl (C=O) groups is 1. The molecule has 0 bridgehead atoms. The first-order chi connectivity index (χ1) is 16.5. The first kappa shape index (κ1) is 24.1. The lowest BCUT2D eigenvalue weighted by atomic mass is 10.1. The normalized spacial score (nSPS) is 13.7. The fraction of sp³-hybridized carbons (Fsp3) is 0.321. The number of carbonyl (C=O) groups excluding carboxylic acids is 1. The van der Waals surface area contributed by atoms with Crippen LogP contribution in [0.4, 0.5) is 15.8 Å². The van der Waals surface area contributed by atoms with E-state index in [9.17, 15) is 9.18 Å². The Hall–Kier alpha value is -2.99. The molecular weight excluding hydrogens is 445 g/mol. The zero-order valence-electron chi connectivity index (χ0n) is 19.9. The molecule has 0 unspecified atom stereocenters. The Morgan fingerprint density at radius 2 is 1.74 bits per heavy atom. The van der Waals surface area contributed by atoms with Gasteiger partial charge in [0.15, 0.2) is 0 Å². The summed E-state index contributed by atoms with van der Waals surface area (Å²) in [6, 6.07) is 21.4. The van der Waals surface area contributed by atoms with Gasteiger partial charge in [0.05, 0.1) is 5.69 Å². The second-order valence-corrected chi connectivity index (χ2v) is 9.59. The van der Waals surface area contributed by atoms with Gasteiger partial charge in [-0.05, 0) is 79.2 Å². The van der Waals surface area contributed by atoms with E-state index >= 15 is 0 Å². The van der Waals surface area contributed by atoms with Crippen molar-refractivity contribution in [1.82, 2.24) is 4.90 Å². The monoisotopic (exact) mass is 477 g/mol.